The number of oxazole rings is 1. The molecule has 3 nitrogen and oxygen atoms in total. The Balaban J connectivity index is 2.23. The van der Waals surface area contributed by atoms with E-state index in [4.69, 9.17) is 8.83 Å². The van der Waals surface area contributed by atoms with Gasteiger partial charge in [0.1, 0.15) is 16.7 Å². The Labute approximate surface area is 103 Å². The van der Waals surface area contributed by atoms with Crippen LogP contribution in [0.1, 0.15) is 11.5 Å². The number of aromatic nitrogens is 1. The Bertz CT molecular complexity index is 899. The van der Waals surface area contributed by atoms with E-state index in [0.717, 1.165) is 33.0 Å². The summed E-state index contributed by atoms with van der Waals surface area (Å²) in [4.78, 5) is 4.36. The van der Waals surface area contributed by atoms with Gasteiger partial charge in [-0.15, -0.1) is 0 Å². The first kappa shape index (κ1) is 9.71. The molecule has 0 bridgehead atoms. The summed E-state index contributed by atoms with van der Waals surface area (Å²) in [5.41, 5.74) is 4.63. The highest BCUT2D eigenvalue weighted by atomic mass is 16.4. The van der Waals surface area contributed by atoms with Crippen molar-refractivity contribution in [3.63, 3.8) is 0 Å². The molecule has 4 rings (SSSR count). The summed E-state index contributed by atoms with van der Waals surface area (Å²) in [5, 5.41) is 2.22. The lowest BCUT2D eigenvalue weighted by molar-refractivity contribution is 0.560. The molecule has 0 saturated carbocycles. The minimum absolute atomic E-state index is 0.679. The number of aryl methyl sites for hydroxylation is 2. The van der Waals surface area contributed by atoms with E-state index in [9.17, 15) is 0 Å². The van der Waals surface area contributed by atoms with Crippen LogP contribution in [-0.2, 0) is 0 Å². The smallest absolute Gasteiger partial charge is 0.192 e. The minimum Gasteiger partial charge on any atom is -0.456 e. The lowest BCUT2D eigenvalue weighted by Gasteiger charge is -1.91. The topological polar surface area (TPSA) is 39.2 Å². The summed E-state index contributed by atoms with van der Waals surface area (Å²) in [5.74, 6) is 0.679. The Kier molecular flexibility index (Phi) is 1.69. The fraction of sp³-hybridized carbons (Fsp3) is 0.133. The maximum atomic E-state index is 5.84. The highest BCUT2D eigenvalue weighted by Gasteiger charge is 2.11. The van der Waals surface area contributed by atoms with Crippen LogP contribution in [0.5, 0.6) is 0 Å². The van der Waals surface area contributed by atoms with Crippen molar-refractivity contribution < 1.29 is 8.83 Å². The van der Waals surface area contributed by atoms with Crippen LogP contribution in [0.4, 0.5) is 0 Å². The molecular weight excluding hydrogens is 226 g/mol. The van der Waals surface area contributed by atoms with Crippen LogP contribution < -0.4 is 0 Å². The third-order valence-corrected chi connectivity index (χ3v) is 3.24. The Morgan fingerprint density at radius 1 is 0.833 bits per heavy atom. The van der Waals surface area contributed by atoms with Crippen molar-refractivity contribution in [2.75, 3.05) is 0 Å². The van der Waals surface area contributed by atoms with Crippen molar-refractivity contribution in [2.45, 2.75) is 13.8 Å². The molecule has 0 saturated heterocycles. The fourth-order valence-electron chi connectivity index (χ4n) is 2.43. The van der Waals surface area contributed by atoms with Gasteiger partial charge in [0.05, 0.1) is 0 Å². The van der Waals surface area contributed by atoms with Gasteiger partial charge < -0.3 is 8.83 Å². The van der Waals surface area contributed by atoms with Crippen molar-refractivity contribution in [3.05, 3.63) is 41.8 Å². The van der Waals surface area contributed by atoms with Gasteiger partial charge in [0.25, 0.3) is 0 Å². The van der Waals surface area contributed by atoms with Gasteiger partial charge in [0, 0.05) is 23.8 Å². The van der Waals surface area contributed by atoms with E-state index in [2.05, 4.69) is 24.0 Å². The first-order chi connectivity index (χ1) is 8.70. The molecule has 0 aliphatic rings. The van der Waals surface area contributed by atoms with Crippen molar-refractivity contribution in [3.8, 4) is 0 Å². The number of rotatable bonds is 0. The second-order valence-corrected chi connectivity index (χ2v) is 4.65. The maximum absolute atomic E-state index is 5.84. The van der Waals surface area contributed by atoms with Gasteiger partial charge in [-0.25, -0.2) is 4.98 Å². The zero-order valence-corrected chi connectivity index (χ0v) is 10.2. The quantitative estimate of drug-likeness (QED) is 0.456. The summed E-state index contributed by atoms with van der Waals surface area (Å²) in [6.45, 7) is 3.93. The molecule has 0 radical (unpaired) electrons. The number of benzene rings is 2. The van der Waals surface area contributed by atoms with Crippen molar-refractivity contribution in [2.24, 2.45) is 0 Å². The highest BCUT2D eigenvalue weighted by molar-refractivity contribution is 6.08. The molecule has 0 aliphatic heterocycles. The molecule has 18 heavy (non-hydrogen) atoms. The molecule has 2 aromatic heterocycles. The summed E-state index contributed by atoms with van der Waals surface area (Å²) in [6, 6.07) is 10.1. The average molecular weight is 237 g/mol. The molecule has 2 heterocycles. The molecule has 0 spiro atoms. The SMILES string of the molecule is Cc1ccc2oc3cc4oc(C)nc4cc3c2c1. The van der Waals surface area contributed by atoms with E-state index >= 15 is 0 Å². The monoisotopic (exact) mass is 237 g/mol. The van der Waals surface area contributed by atoms with Gasteiger partial charge in [-0.2, -0.15) is 0 Å². The minimum atomic E-state index is 0.679. The van der Waals surface area contributed by atoms with Crippen molar-refractivity contribution in [1.29, 1.82) is 0 Å². The summed E-state index contributed by atoms with van der Waals surface area (Å²) in [6.07, 6.45) is 0. The molecule has 0 atom stereocenters. The number of furan rings is 1. The molecule has 0 fully saturated rings. The summed E-state index contributed by atoms with van der Waals surface area (Å²) in [7, 11) is 0. The van der Waals surface area contributed by atoms with Crippen LogP contribution in [-0.4, -0.2) is 4.98 Å². The van der Waals surface area contributed by atoms with Crippen LogP contribution in [0.2, 0.25) is 0 Å². The Morgan fingerprint density at radius 3 is 2.56 bits per heavy atom. The molecule has 2 aromatic carbocycles. The Morgan fingerprint density at radius 2 is 1.67 bits per heavy atom. The van der Waals surface area contributed by atoms with Crippen LogP contribution in [0.3, 0.4) is 0 Å². The van der Waals surface area contributed by atoms with E-state index in [1.54, 1.807) is 0 Å². The molecule has 4 aromatic rings. The molecule has 0 unspecified atom stereocenters. The van der Waals surface area contributed by atoms with Gasteiger partial charge in [-0.05, 0) is 25.1 Å². The van der Waals surface area contributed by atoms with Crippen LogP contribution >= 0.6 is 0 Å². The van der Waals surface area contributed by atoms with Gasteiger partial charge in [-0.1, -0.05) is 11.6 Å². The molecule has 88 valence electrons. The number of fused-ring (bicyclic) bond motifs is 4. The number of hydrogen-bond donors (Lipinski definition) is 0. The van der Waals surface area contributed by atoms with E-state index in [0.29, 0.717) is 5.89 Å². The highest BCUT2D eigenvalue weighted by Crippen LogP contribution is 2.32. The number of nitrogens with zero attached hydrogens (tertiary/aromatic N) is 1. The predicted molar refractivity (Wildman–Crippen MR) is 70.8 cm³/mol. The predicted octanol–water partition coefficient (Wildman–Crippen LogP) is 4.34. The average Bonchev–Trinajstić information content (AvgIpc) is 2.85. The van der Waals surface area contributed by atoms with Crippen LogP contribution in [0.25, 0.3) is 33.0 Å². The lowest BCUT2D eigenvalue weighted by Crippen LogP contribution is -1.72. The van der Waals surface area contributed by atoms with Gasteiger partial charge in [-0.3, -0.25) is 0 Å². The second-order valence-electron chi connectivity index (χ2n) is 4.65. The van der Waals surface area contributed by atoms with Crippen molar-refractivity contribution >= 4 is 33.0 Å². The maximum Gasteiger partial charge on any atom is 0.192 e. The van der Waals surface area contributed by atoms with E-state index < -0.39 is 0 Å². The van der Waals surface area contributed by atoms with Crippen molar-refractivity contribution in [1.82, 2.24) is 4.98 Å². The van der Waals surface area contributed by atoms with Crippen LogP contribution in [0.15, 0.2) is 39.2 Å². The second kappa shape index (κ2) is 3.13. The van der Waals surface area contributed by atoms with E-state index in [-0.39, 0.29) is 0 Å². The van der Waals surface area contributed by atoms with Gasteiger partial charge in [0.2, 0.25) is 0 Å². The first-order valence-electron chi connectivity index (χ1n) is 5.91. The normalized spacial score (nSPS) is 11.9. The fourth-order valence-corrected chi connectivity index (χ4v) is 2.43. The molecule has 0 N–H and O–H groups in total. The third-order valence-electron chi connectivity index (χ3n) is 3.24. The van der Waals surface area contributed by atoms with Gasteiger partial charge >= 0.3 is 0 Å². The van der Waals surface area contributed by atoms with E-state index in [1.807, 2.05) is 25.1 Å². The standard InChI is InChI=1S/C15H11NO2/c1-8-3-4-13-10(5-8)11-6-12-15(7-14(11)18-13)17-9(2)16-12/h3-7H,1-2H3. The number of hydrogen-bond acceptors (Lipinski definition) is 3. The zero-order valence-electron chi connectivity index (χ0n) is 10.2. The molecule has 0 amide bonds. The van der Waals surface area contributed by atoms with Gasteiger partial charge in [0.15, 0.2) is 11.5 Å². The largest absolute Gasteiger partial charge is 0.456 e. The lowest BCUT2D eigenvalue weighted by atomic mass is 10.1. The Hall–Kier alpha value is -2.29. The summed E-state index contributed by atoms with van der Waals surface area (Å²) >= 11 is 0. The zero-order chi connectivity index (χ0) is 12.3. The molecule has 3 heteroatoms. The third kappa shape index (κ3) is 1.21. The first-order valence-corrected chi connectivity index (χ1v) is 5.91. The molecule has 0 aliphatic carbocycles. The van der Waals surface area contributed by atoms with E-state index in [1.165, 1.54) is 5.56 Å². The molecular formula is C15H11NO2. The van der Waals surface area contributed by atoms with Crippen LogP contribution in [0, 0.1) is 13.8 Å². The summed E-state index contributed by atoms with van der Waals surface area (Å²) < 4.78 is 11.4.